The number of allylic oxidation sites excluding steroid dienone is 4. The highest BCUT2D eigenvalue weighted by molar-refractivity contribution is 5.94. The molecule has 1 aliphatic heterocycles. The summed E-state index contributed by atoms with van der Waals surface area (Å²) >= 11 is 0. The van der Waals surface area contributed by atoms with Crippen LogP contribution in [0.3, 0.4) is 0 Å². The Morgan fingerprint density at radius 1 is 1.50 bits per heavy atom. The van der Waals surface area contributed by atoms with Gasteiger partial charge in [-0.15, -0.1) is 0 Å². The number of ketones is 1. The standard InChI is InChI=1S/C11H12N2O/c12-9-5-3-8(4-6-9)11(14)10-2-1-7-13-10/h1-3,5-8,10H,4,12H2. The van der Waals surface area contributed by atoms with Crippen LogP contribution >= 0.6 is 0 Å². The molecule has 3 nitrogen and oxygen atoms in total. The molecule has 0 aromatic heterocycles. The second kappa shape index (κ2) is 3.62. The van der Waals surface area contributed by atoms with Crippen molar-refractivity contribution in [3.63, 3.8) is 0 Å². The van der Waals surface area contributed by atoms with Gasteiger partial charge in [-0.1, -0.05) is 18.2 Å². The lowest BCUT2D eigenvalue weighted by atomic mass is 9.91. The average Bonchev–Trinajstić information content (AvgIpc) is 2.71. The van der Waals surface area contributed by atoms with Gasteiger partial charge < -0.3 is 5.73 Å². The predicted molar refractivity (Wildman–Crippen MR) is 55.9 cm³/mol. The van der Waals surface area contributed by atoms with Crippen LogP contribution in [0, 0.1) is 5.92 Å². The first-order valence-electron chi connectivity index (χ1n) is 4.65. The van der Waals surface area contributed by atoms with Gasteiger partial charge in [0.25, 0.3) is 0 Å². The maximum absolute atomic E-state index is 11.8. The molecule has 2 atom stereocenters. The molecule has 2 unspecified atom stereocenters. The first-order valence-corrected chi connectivity index (χ1v) is 4.65. The summed E-state index contributed by atoms with van der Waals surface area (Å²) in [6.45, 7) is 0. The topological polar surface area (TPSA) is 55.5 Å². The van der Waals surface area contributed by atoms with E-state index in [1.165, 1.54) is 0 Å². The summed E-state index contributed by atoms with van der Waals surface area (Å²) < 4.78 is 0. The molecule has 2 rings (SSSR count). The van der Waals surface area contributed by atoms with Crippen molar-refractivity contribution >= 4 is 12.0 Å². The van der Waals surface area contributed by atoms with Gasteiger partial charge in [-0.3, -0.25) is 9.79 Å². The number of rotatable bonds is 2. The SMILES string of the molecule is NC1=CCC(C(=O)C2C=CC=N2)C=C1. The van der Waals surface area contributed by atoms with Crippen molar-refractivity contribution < 1.29 is 4.79 Å². The molecule has 72 valence electrons. The second-order valence-corrected chi connectivity index (χ2v) is 3.44. The molecule has 0 aromatic rings. The van der Waals surface area contributed by atoms with Crippen LogP contribution in [0.25, 0.3) is 0 Å². The molecule has 0 spiro atoms. The number of nitrogens with two attached hydrogens (primary N) is 1. The fourth-order valence-electron chi connectivity index (χ4n) is 1.58. The van der Waals surface area contributed by atoms with Gasteiger partial charge in [0.05, 0.1) is 0 Å². The summed E-state index contributed by atoms with van der Waals surface area (Å²) in [5, 5.41) is 0. The number of nitrogens with zero attached hydrogens (tertiary/aromatic N) is 1. The molecule has 2 aliphatic rings. The number of carbonyl (C=O) groups is 1. The van der Waals surface area contributed by atoms with Crippen molar-refractivity contribution in [2.24, 2.45) is 16.6 Å². The number of carbonyl (C=O) groups excluding carboxylic acids is 1. The number of Topliss-reactive ketones (excluding diaryl/α,β-unsaturated/α-hetero) is 1. The zero-order valence-corrected chi connectivity index (χ0v) is 7.76. The van der Waals surface area contributed by atoms with E-state index >= 15 is 0 Å². The quantitative estimate of drug-likeness (QED) is 0.702. The molecule has 1 aliphatic carbocycles. The summed E-state index contributed by atoms with van der Waals surface area (Å²) in [5.74, 6) is 0.0854. The van der Waals surface area contributed by atoms with Crippen LogP contribution in [-0.2, 0) is 4.79 Å². The normalized spacial score (nSPS) is 29.3. The van der Waals surface area contributed by atoms with E-state index in [1.54, 1.807) is 18.4 Å². The van der Waals surface area contributed by atoms with Crippen LogP contribution in [0.2, 0.25) is 0 Å². The maximum atomic E-state index is 11.8. The van der Waals surface area contributed by atoms with E-state index in [4.69, 9.17) is 5.73 Å². The smallest absolute Gasteiger partial charge is 0.168 e. The van der Waals surface area contributed by atoms with Crippen molar-refractivity contribution in [2.45, 2.75) is 12.5 Å². The molecule has 0 radical (unpaired) electrons. The van der Waals surface area contributed by atoms with Gasteiger partial charge in [0.15, 0.2) is 5.78 Å². The van der Waals surface area contributed by atoms with Crippen LogP contribution < -0.4 is 5.73 Å². The highest BCUT2D eigenvalue weighted by Gasteiger charge is 2.24. The average molecular weight is 188 g/mol. The minimum Gasteiger partial charge on any atom is -0.399 e. The maximum Gasteiger partial charge on any atom is 0.168 e. The van der Waals surface area contributed by atoms with Gasteiger partial charge in [0.1, 0.15) is 6.04 Å². The van der Waals surface area contributed by atoms with Crippen LogP contribution in [0.1, 0.15) is 6.42 Å². The van der Waals surface area contributed by atoms with E-state index in [1.807, 2.05) is 18.2 Å². The van der Waals surface area contributed by atoms with Crippen molar-refractivity contribution in [2.75, 3.05) is 0 Å². The van der Waals surface area contributed by atoms with Crippen LogP contribution in [-0.4, -0.2) is 18.0 Å². The Balaban J connectivity index is 2.04. The Morgan fingerprint density at radius 2 is 2.36 bits per heavy atom. The van der Waals surface area contributed by atoms with Crippen molar-refractivity contribution in [1.29, 1.82) is 0 Å². The Bertz CT molecular complexity index is 351. The van der Waals surface area contributed by atoms with Crippen LogP contribution in [0.5, 0.6) is 0 Å². The lowest BCUT2D eigenvalue weighted by Gasteiger charge is -2.15. The molecule has 0 bridgehead atoms. The number of hydrogen-bond acceptors (Lipinski definition) is 3. The fourth-order valence-corrected chi connectivity index (χ4v) is 1.58. The summed E-state index contributed by atoms with van der Waals surface area (Å²) in [4.78, 5) is 15.9. The Labute approximate surface area is 82.7 Å². The molecule has 0 aromatic carbocycles. The molecule has 0 amide bonds. The van der Waals surface area contributed by atoms with E-state index in [-0.39, 0.29) is 17.7 Å². The lowest BCUT2D eigenvalue weighted by Crippen LogP contribution is -2.24. The van der Waals surface area contributed by atoms with E-state index < -0.39 is 0 Å². The third-order valence-electron chi connectivity index (χ3n) is 2.41. The minimum absolute atomic E-state index is 0.0628. The zero-order chi connectivity index (χ0) is 9.97. The molecule has 14 heavy (non-hydrogen) atoms. The Hall–Kier alpha value is -1.64. The molecule has 0 saturated carbocycles. The highest BCUT2D eigenvalue weighted by Crippen LogP contribution is 2.18. The summed E-state index contributed by atoms with van der Waals surface area (Å²) in [6, 6.07) is -0.280. The first kappa shape index (κ1) is 8.94. The Morgan fingerprint density at radius 3 is 2.93 bits per heavy atom. The third-order valence-corrected chi connectivity index (χ3v) is 2.41. The molecule has 3 heteroatoms. The number of aliphatic imine (C=N–C) groups is 1. The number of hydrogen-bond donors (Lipinski definition) is 1. The molecular weight excluding hydrogens is 176 g/mol. The highest BCUT2D eigenvalue weighted by atomic mass is 16.1. The summed E-state index contributed by atoms with van der Waals surface area (Å²) in [6.07, 6.45) is 11.5. The molecule has 2 N–H and O–H groups in total. The van der Waals surface area contributed by atoms with Crippen LogP contribution in [0.15, 0.2) is 41.1 Å². The van der Waals surface area contributed by atoms with E-state index in [9.17, 15) is 4.79 Å². The van der Waals surface area contributed by atoms with Gasteiger partial charge in [0.2, 0.25) is 0 Å². The molecular formula is C11H12N2O. The van der Waals surface area contributed by atoms with Crippen LogP contribution in [0.4, 0.5) is 0 Å². The summed E-state index contributed by atoms with van der Waals surface area (Å²) in [7, 11) is 0. The van der Waals surface area contributed by atoms with Crippen molar-refractivity contribution in [3.05, 3.63) is 36.1 Å². The van der Waals surface area contributed by atoms with Crippen molar-refractivity contribution in [1.82, 2.24) is 0 Å². The monoisotopic (exact) mass is 188 g/mol. The summed E-state index contributed by atoms with van der Waals surface area (Å²) in [5.41, 5.74) is 6.31. The van der Waals surface area contributed by atoms with E-state index in [0.717, 1.165) is 5.70 Å². The van der Waals surface area contributed by atoms with Gasteiger partial charge in [-0.05, 0) is 18.6 Å². The largest absolute Gasteiger partial charge is 0.399 e. The Kier molecular flexibility index (Phi) is 2.31. The second-order valence-electron chi connectivity index (χ2n) is 3.44. The molecule has 0 fully saturated rings. The zero-order valence-electron chi connectivity index (χ0n) is 7.76. The van der Waals surface area contributed by atoms with E-state index in [0.29, 0.717) is 6.42 Å². The minimum atomic E-state index is -0.280. The predicted octanol–water partition coefficient (Wildman–Crippen LogP) is 0.983. The third kappa shape index (κ3) is 1.66. The lowest BCUT2D eigenvalue weighted by molar-refractivity contribution is -0.121. The van der Waals surface area contributed by atoms with E-state index in [2.05, 4.69) is 4.99 Å². The van der Waals surface area contributed by atoms with Gasteiger partial charge in [0, 0.05) is 17.8 Å². The molecule has 0 saturated heterocycles. The van der Waals surface area contributed by atoms with Gasteiger partial charge in [-0.2, -0.15) is 0 Å². The fraction of sp³-hybridized carbons (Fsp3) is 0.273. The van der Waals surface area contributed by atoms with Crippen molar-refractivity contribution in [3.8, 4) is 0 Å². The van der Waals surface area contributed by atoms with Gasteiger partial charge >= 0.3 is 0 Å². The first-order chi connectivity index (χ1) is 6.77. The molecule has 1 heterocycles. The van der Waals surface area contributed by atoms with Gasteiger partial charge in [-0.25, -0.2) is 0 Å².